The van der Waals surface area contributed by atoms with E-state index in [1.54, 1.807) is 18.2 Å². The van der Waals surface area contributed by atoms with Gasteiger partial charge in [-0.15, -0.1) is 0 Å². The van der Waals surface area contributed by atoms with Gasteiger partial charge in [-0.05, 0) is 57.5 Å². The maximum absolute atomic E-state index is 12.0. The van der Waals surface area contributed by atoms with Crippen LogP contribution >= 0.6 is 0 Å². The molecule has 0 bridgehead atoms. The smallest absolute Gasteiger partial charge is 0.324 e. The van der Waals surface area contributed by atoms with Crippen LogP contribution in [-0.4, -0.2) is 28.6 Å². The molecule has 0 atom stereocenters. The first kappa shape index (κ1) is 16.6. The van der Waals surface area contributed by atoms with Crippen LogP contribution in [0.15, 0.2) is 24.3 Å². The normalized spacial score (nSPS) is 11.9. The van der Waals surface area contributed by atoms with E-state index in [1.807, 2.05) is 39.3 Å². The summed E-state index contributed by atoms with van der Waals surface area (Å²) in [5.74, 6) is -0.765. The van der Waals surface area contributed by atoms with Gasteiger partial charge >= 0.3 is 11.9 Å². The summed E-state index contributed by atoms with van der Waals surface area (Å²) >= 11 is 0. The molecular formula is C14H22O4Si2. The third-order valence-electron chi connectivity index (χ3n) is 2.13. The van der Waals surface area contributed by atoms with Gasteiger partial charge in [0.05, 0.1) is 11.1 Å². The van der Waals surface area contributed by atoms with Gasteiger partial charge in [0.15, 0.2) is 0 Å². The summed E-state index contributed by atoms with van der Waals surface area (Å²) in [5, 5.41) is 0. The molecule has 0 N–H and O–H groups in total. The van der Waals surface area contributed by atoms with Crippen LogP contribution in [0.25, 0.3) is 0 Å². The van der Waals surface area contributed by atoms with E-state index in [4.69, 9.17) is 8.85 Å². The minimum absolute atomic E-state index is 0.383. The molecule has 1 aromatic rings. The first-order valence-corrected chi connectivity index (χ1v) is 13.4. The second kappa shape index (κ2) is 5.93. The Balaban J connectivity index is 2.91. The Kier molecular flexibility index (Phi) is 4.93. The minimum atomic E-state index is -1.94. The zero-order chi connectivity index (χ0) is 15.6. The summed E-state index contributed by atoms with van der Waals surface area (Å²) in [5.41, 5.74) is 0.773. The van der Waals surface area contributed by atoms with Gasteiger partial charge < -0.3 is 8.85 Å². The summed E-state index contributed by atoms with van der Waals surface area (Å²) in [4.78, 5) is 24.0. The summed E-state index contributed by atoms with van der Waals surface area (Å²) in [6.45, 7) is 11.6. The van der Waals surface area contributed by atoms with Gasteiger partial charge in [0, 0.05) is 0 Å². The lowest BCUT2D eigenvalue weighted by atomic mass is 10.1. The number of hydrogen-bond acceptors (Lipinski definition) is 4. The topological polar surface area (TPSA) is 52.6 Å². The van der Waals surface area contributed by atoms with Crippen molar-refractivity contribution in [2.24, 2.45) is 0 Å². The zero-order valence-corrected chi connectivity index (χ0v) is 14.9. The van der Waals surface area contributed by atoms with Crippen molar-refractivity contribution < 1.29 is 18.4 Å². The van der Waals surface area contributed by atoms with Crippen LogP contribution in [0.5, 0.6) is 0 Å². The fourth-order valence-electron chi connectivity index (χ4n) is 1.45. The van der Waals surface area contributed by atoms with Crippen molar-refractivity contribution in [3.63, 3.8) is 0 Å². The summed E-state index contributed by atoms with van der Waals surface area (Å²) < 4.78 is 10.8. The summed E-state index contributed by atoms with van der Waals surface area (Å²) in [7, 11) is -3.89. The Morgan fingerprint density at radius 2 is 1.15 bits per heavy atom. The number of rotatable bonds is 4. The van der Waals surface area contributed by atoms with Crippen molar-refractivity contribution in [3.05, 3.63) is 35.4 Å². The van der Waals surface area contributed by atoms with Crippen LogP contribution < -0.4 is 0 Å². The minimum Gasteiger partial charge on any atom is -0.516 e. The average Bonchev–Trinajstić information content (AvgIpc) is 2.24. The highest BCUT2D eigenvalue weighted by atomic mass is 28.4. The molecule has 0 fully saturated rings. The predicted molar refractivity (Wildman–Crippen MR) is 84.0 cm³/mol. The SMILES string of the molecule is C[Si](C)(C)OC(=O)c1cccc(C(=O)O[Si](C)(C)C)c1. The lowest BCUT2D eigenvalue weighted by Crippen LogP contribution is -2.30. The molecule has 0 aliphatic rings. The number of hydrogen-bond donors (Lipinski definition) is 0. The second-order valence-corrected chi connectivity index (χ2v) is 15.4. The van der Waals surface area contributed by atoms with Crippen molar-refractivity contribution in [2.45, 2.75) is 39.3 Å². The summed E-state index contributed by atoms with van der Waals surface area (Å²) in [6.07, 6.45) is 0. The highest BCUT2D eigenvalue weighted by Crippen LogP contribution is 2.14. The van der Waals surface area contributed by atoms with Crippen LogP contribution in [0.3, 0.4) is 0 Å². The van der Waals surface area contributed by atoms with Crippen molar-refractivity contribution in [3.8, 4) is 0 Å². The van der Waals surface area contributed by atoms with E-state index in [0.29, 0.717) is 11.1 Å². The van der Waals surface area contributed by atoms with Gasteiger partial charge in [-0.1, -0.05) is 6.07 Å². The molecule has 0 aliphatic heterocycles. The van der Waals surface area contributed by atoms with Crippen LogP contribution in [0.1, 0.15) is 20.7 Å². The van der Waals surface area contributed by atoms with E-state index < -0.39 is 16.6 Å². The Morgan fingerprint density at radius 3 is 1.45 bits per heavy atom. The van der Waals surface area contributed by atoms with Gasteiger partial charge in [-0.25, -0.2) is 9.59 Å². The fourth-order valence-corrected chi connectivity index (χ4v) is 2.80. The lowest BCUT2D eigenvalue weighted by Gasteiger charge is -2.19. The van der Waals surface area contributed by atoms with Crippen molar-refractivity contribution in [1.29, 1.82) is 0 Å². The number of benzene rings is 1. The van der Waals surface area contributed by atoms with Crippen LogP contribution in [0.4, 0.5) is 0 Å². The Labute approximate surface area is 122 Å². The Bertz CT molecular complexity index is 469. The van der Waals surface area contributed by atoms with E-state index in [1.165, 1.54) is 6.07 Å². The largest absolute Gasteiger partial charge is 0.516 e. The molecule has 1 rings (SSSR count). The molecular weight excluding hydrogens is 288 g/mol. The first-order chi connectivity index (χ1) is 8.98. The molecule has 0 radical (unpaired) electrons. The lowest BCUT2D eigenvalue weighted by molar-refractivity contribution is 0.0723. The van der Waals surface area contributed by atoms with E-state index in [0.717, 1.165) is 0 Å². The monoisotopic (exact) mass is 310 g/mol. The molecule has 1 aromatic carbocycles. The van der Waals surface area contributed by atoms with Gasteiger partial charge in [0.25, 0.3) is 0 Å². The Hall–Kier alpha value is -1.41. The quantitative estimate of drug-likeness (QED) is 0.796. The molecule has 0 spiro atoms. The molecule has 4 nitrogen and oxygen atoms in total. The Morgan fingerprint density at radius 1 is 0.800 bits per heavy atom. The zero-order valence-electron chi connectivity index (χ0n) is 12.9. The van der Waals surface area contributed by atoms with Gasteiger partial charge in [0.1, 0.15) is 0 Å². The van der Waals surface area contributed by atoms with E-state index in [2.05, 4.69) is 0 Å². The molecule has 20 heavy (non-hydrogen) atoms. The molecule has 0 aromatic heterocycles. The fraction of sp³-hybridized carbons (Fsp3) is 0.429. The van der Waals surface area contributed by atoms with Crippen molar-refractivity contribution >= 4 is 28.6 Å². The molecule has 0 aliphatic carbocycles. The summed E-state index contributed by atoms with van der Waals surface area (Å²) in [6, 6.07) is 6.49. The highest BCUT2D eigenvalue weighted by Gasteiger charge is 2.23. The number of carbonyl (C=O) groups excluding carboxylic acids is 2. The highest BCUT2D eigenvalue weighted by molar-refractivity contribution is 6.71. The average molecular weight is 310 g/mol. The van der Waals surface area contributed by atoms with Crippen molar-refractivity contribution in [1.82, 2.24) is 0 Å². The molecule has 0 saturated carbocycles. The van der Waals surface area contributed by atoms with E-state index >= 15 is 0 Å². The first-order valence-electron chi connectivity index (χ1n) is 6.55. The molecule has 0 unspecified atom stereocenters. The third-order valence-corrected chi connectivity index (χ3v) is 3.73. The molecule has 0 heterocycles. The standard InChI is InChI=1S/C14H22O4Si2/c1-19(2,3)17-13(15)11-8-7-9-12(10-11)14(16)18-20(4,5)6/h7-10H,1-6H3. The second-order valence-electron chi connectivity index (χ2n) is 6.58. The van der Waals surface area contributed by atoms with Crippen LogP contribution in [-0.2, 0) is 8.85 Å². The van der Waals surface area contributed by atoms with Gasteiger partial charge in [-0.2, -0.15) is 0 Å². The molecule has 0 amide bonds. The van der Waals surface area contributed by atoms with Crippen LogP contribution in [0, 0.1) is 0 Å². The maximum atomic E-state index is 12.0. The predicted octanol–water partition coefficient (Wildman–Crippen LogP) is 3.67. The van der Waals surface area contributed by atoms with Crippen molar-refractivity contribution in [2.75, 3.05) is 0 Å². The molecule has 0 saturated heterocycles. The third kappa shape index (κ3) is 5.71. The van der Waals surface area contributed by atoms with Gasteiger partial charge in [0.2, 0.25) is 16.6 Å². The maximum Gasteiger partial charge on any atom is 0.324 e. The van der Waals surface area contributed by atoms with E-state index in [-0.39, 0.29) is 11.9 Å². The van der Waals surface area contributed by atoms with Gasteiger partial charge in [-0.3, -0.25) is 0 Å². The van der Waals surface area contributed by atoms with Crippen LogP contribution in [0.2, 0.25) is 39.3 Å². The molecule has 6 heteroatoms. The number of carbonyl (C=O) groups is 2. The van der Waals surface area contributed by atoms with E-state index in [9.17, 15) is 9.59 Å². The molecule has 110 valence electrons.